The van der Waals surface area contributed by atoms with E-state index in [1.165, 1.54) is 10.6 Å². The van der Waals surface area contributed by atoms with E-state index in [-0.39, 0.29) is 30.8 Å². The van der Waals surface area contributed by atoms with Gasteiger partial charge in [-0.05, 0) is 69.3 Å². The molecule has 3 N–H and O–H groups in total. The van der Waals surface area contributed by atoms with E-state index < -0.39 is 21.2 Å². The third kappa shape index (κ3) is 6.28. The summed E-state index contributed by atoms with van der Waals surface area (Å²) in [5.74, 6) is 0.991. The molecule has 0 atom stereocenters. The first-order valence-electron chi connectivity index (χ1n) is 13.4. The number of sulfone groups is 1. The molecule has 2 saturated heterocycles. The molecule has 0 unspecified atom stereocenters. The van der Waals surface area contributed by atoms with Gasteiger partial charge in [0.1, 0.15) is 5.82 Å². The SMILES string of the molecule is Cc1cnc(Nc2ccc(N3CCN(C)CC3)cc2)nc1Nc1cccc(S(=O)(=O)C2CCN(C(=O)O)CC2)c1. The van der Waals surface area contributed by atoms with Gasteiger partial charge in [-0.25, -0.2) is 18.2 Å². The van der Waals surface area contributed by atoms with Crippen LogP contribution in [0.2, 0.25) is 0 Å². The first kappa shape index (κ1) is 27.7. The molecule has 1 aromatic heterocycles. The fourth-order valence-electron chi connectivity index (χ4n) is 5.02. The molecule has 2 aromatic carbocycles. The molecule has 2 fully saturated rings. The van der Waals surface area contributed by atoms with Crippen molar-refractivity contribution in [1.29, 1.82) is 0 Å². The molecule has 0 saturated carbocycles. The maximum atomic E-state index is 13.3. The van der Waals surface area contributed by atoms with Crippen molar-refractivity contribution >= 4 is 44.8 Å². The van der Waals surface area contributed by atoms with Crippen LogP contribution in [-0.2, 0) is 9.84 Å². The lowest BCUT2D eigenvalue weighted by Crippen LogP contribution is -2.44. The van der Waals surface area contributed by atoms with Crippen molar-refractivity contribution in [2.24, 2.45) is 0 Å². The molecule has 0 bridgehead atoms. The van der Waals surface area contributed by atoms with Crippen molar-refractivity contribution in [1.82, 2.24) is 19.8 Å². The van der Waals surface area contributed by atoms with E-state index in [2.05, 4.69) is 49.6 Å². The summed E-state index contributed by atoms with van der Waals surface area (Å²) in [6.45, 7) is 6.42. The Labute approximate surface area is 234 Å². The highest BCUT2D eigenvalue weighted by molar-refractivity contribution is 7.92. The second-order valence-electron chi connectivity index (χ2n) is 10.4. The smallest absolute Gasteiger partial charge is 0.407 e. The molecule has 0 aliphatic carbocycles. The molecular formula is C28H35N7O4S. The molecule has 212 valence electrons. The van der Waals surface area contributed by atoms with Gasteiger partial charge in [-0.2, -0.15) is 4.98 Å². The van der Waals surface area contributed by atoms with E-state index in [0.717, 1.165) is 37.4 Å². The number of hydrogen-bond acceptors (Lipinski definition) is 9. The van der Waals surface area contributed by atoms with Gasteiger partial charge in [0.25, 0.3) is 0 Å². The molecular weight excluding hydrogens is 530 g/mol. The van der Waals surface area contributed by atoms with Crippen LogP contribution in [0.1, 0.15) is 18.4 Å². The van der Waals surface area contributed by atoms with Crippen LogP contribution in [0, 0.1) is 6.92 Å². The number of carboxylic acid groups (broad SMARTS) is 1. The Balaban J connectivity index is 1.26. The fraction of sp³-hybridized carbons (Fsp3) is 0.393. The van der Waals surface area contributed by atoms with Crippen molar-refractivity contribution in [3.63, 3.8) is 0 Å². The van der Waals surface area contributed by atoms with Gasteiger partial charge < -0.3 is 30.4 Å². The summed E-state index contributed by atoms with van der Waals surface area (Å²) >= 11 is 0. The number of aryl methyl sites for hydroxylation is 1. The number of piperazine rings is 1. The van der Waals surface area contributed by atoms with E-state index in [9.17, 15) is 13.2 Å². The third-order valence-corrected chi connectivity index (χ3v) is 9.80. The van der Waals surface area contributed by atoms with Crippen LogP contribution in [0.5, 0.6) is 0 Å². The molecule has 0 spiro atoms. The fourth-order valence-corrected chi connectivity index (χ4v) is 6.79. The second-order valence-corrected chi connectivity index (χ2v) is 12.6. The third-order valence-electron chi connectivity index (χ3n) is 7.54. The van der Waals surface area contributed by atoms with Gasteiger partial charge in [-0.3, -0.25) is 0 Å². The predicted octanol–water partition coefficient (Wildman–Crippen LogP) is 3.94. The summed E-state index contributed by atoms with van der Waals surface area (Å²) in [6, 6.07) is 14.9. The Morgan fingerprint density at radius 3 is 2.33 bits per heavy atom. The number of aromatic nitrogens is 2. The zero-order valence-electron chi connectivity index (χ0n) is 22.7. The minimum Gasteiger partial charge on any atom is -0.465 e. The van der Waals surface area contributed by atoms with Gasteiger partial charge >= 0.3 is 6.09 Å². The van der Waals surface area contributed by atoms with E-state index in [1.807, 2.05) is 19.1 Å². The van der Waals surface area contributed by atoms with Crippen molar-refractivity contribution < 1.29 is 18.3 Å². The van der Waals surface area contributed by atoms with Crippen molar-refractivity contribution in [2.45, 2.75) is 29.9 Å². The summed E-state index contributed by atoms with van der Waals surface area (Å²) in [6.07, 6.45) is 1.26. The lowest BCUT2D eigenvalue weighted by Gasteiger charge is -2.34. The maximum absolute atomic E-state index is 13.3. The highest BCUT2D eigenvalue weighted by Gasteiger charge is 2.32. The maximum Gasteiger partial charge on any atom is 0.407 e. The van der Waals surface area contributed by atoms with Crippen LogP contribution in [0.3, 0.4) is 0 Å². The summed E-state index contributed by atoms with van der Waals surface area (Å²) in [7, 11) is -1.47. The average molecular weight is 566 g/mol. The van der Waals surface area contributed by atoms with Crippen LogP contribution in [0.4, 0.5) is 33.6 Å². The zero-order valence-corrected chi connectivity index (χ0v) is 23.6. The predicted molar refractivity (Wildman–Crippen MR) is 156 cm³/mol. The van der Waals surface area contributed by atoms with Crippen LogP contribution < -0.4 is 15.5 Å². The van der Waals surface area contributed by atoms with Gasteiger partial charge in [0.2, 0.25) is 5.95 Å². The summed E-state index contributed by atoms with van der Waals surface area (Å²) in [5.41, 5.74) is 3.46. The number of piperidine rings is 1. The summed E-state index contributed by atoms with van der Waals surface area (Å²) in [4.78, 5) is 26.4. The Morgan fingerprint density at radius 2 is 1.65 bits per heavy atom. The standard InChI is InChI=1S/C28H35N7O4S/c1-20-19-29-27(31-21-6-8-23(9-7-21)34-16-14-33(2)15-17-34)32-26(20)30-22-4-3-5-25(18-22)40(38,39)24-10-12-35(13-11-24)28(36)37/h3-9,18-19,24H,10-17H2,1-2H3,(H,36,37)(H2,29,30,31,32). The number of likely N-dealkylation sites (tertiary alicyclic amines) is 1. The molecule has 1 amide bonds. The normalized spacial score (nSPS) is 17.1. The number of nitrogens with one attached hydrogen (secondary N) is 2. The number of likely N-dealkylation sites (N-methyl/N-ethyl adjacent to an activating group) is 1. The Hall–Kier alpha value is -3.90. The Kier molecular flexibility index (Phi) is 8.08. The van der Waals surface area contributed by atoms with Gasteiger partial charge in [0, 0.05) is 68.1 Å². The minimum absolute atomic E-state index is 0.205. The van der Waals surface area contributed by atoms with Crippen LogP contribution in [-0.4, -0.2) is 91.0 Å². The summed E-state index contributed by atoms with van der Waals surface area (Å²) < 4.78 is 26.6. The Morgan fingerprint density at radius 1 is 0.950 bits per heavy atom. The van der Waals surface area contributed by atoms with Crippen LogP contribution in [0.25, 0.3) is 0 Å². The number of amides is 1. The number of rotatable bonds is 7. The van der Waals surface area contributed by atoms with Crippen LogP contribution >= 0.6 is 0 Å². The number of anilines is 5. The molecule has 11 nitrogen and oxygen atoms in total. The van der Waals surface area contributed by atoms with Crippen molar-refractivity contribution in [2.75, 3.05) is 61.8 Å². The van der Waals surface area contributed by atoms with Crippen molar-refractivity contribution in [3.8, 4) is 0 Å². The molecule has 0 radical (unpaired) electrons. The van der Waals surface area contributed by atoms with Crippen LogP contribution in [0.15, 0.2) is 59.6 Å². The summed E-state index contributed by atoms with van der Waals surface area (Å²) in [5, 5.41) is 15.0. The molecule has 3 heterocycles. The van der Waals surface area contributed by atoms with E-state index in [0.29, 0.717) is 17.5 Å². The first-order chi connectivity index (χ1) is 19.2. The topological polar surface area (TPSA) is 131 Å². The molecule has 5 rings (SSSR count). The monoisotopic (exact) mass is 565 g/mol. The highest BCUT2D eigenvalue weighted by Crippen LogP contribution is 2.28. The van der Waals surface area contributed by atoms with E-state index in [1.54, 1.807) is 30.5 Å². The number of nitrogens with zero attached hydrogens (tertiary/aromatic N) is 5. The zero-order chi connectivity index (χ0) is 28.3. The molecule has 3 aromatic rings. The lowest BCUT2D eigenvalue weighted by molar-refractivity contribution is 0.136. The molecule has 12 heteroatoms. The van der Waals surface area contributed by atoms with Crippen molar-refractivity contribution in [3.05, 3.63) is 60.3 Å². The van der Waals surface area contributed by atoms with E-state index >= 15 is 0 Å². The van der Waals surface area contributed by atoms with Gasteiger partial charge in [0.05, 0.1) is 10.1 Å². The highest BCUT2D eigenvalue weighted by atomic mass is 32.2. The molecule has 40 heavy (non-hydrogen) atoms. The van der Waals surface area contributed by atoms with Gasteiger partial charge in [0.15, 0.2) is 9.84 Å². The largest absolute Gasteiger partial charge is 0.465 e. The second kappa shape index (κ2) is 11.7. The number of hydrogen-bond donors (Lipinski definition) is 3. The Bertz CT molecular complexity index is 1450. The van der Waals surface area contributed by atoms with Gasteiger partial charge in [-0.15, -0.1) is 0 Å². The van der Waals surface area contributed by atoms with E-state index in [4.69, 9.17) is 5.11 Å². The van der Waals surface area contributed by atoms with Gasteiger partial charge in [-0.1, -0.05) is 6.07 Å². The number of carbonyl (C=O) groups is 1. The quantitative estimate of drug-likeness (QED) is 0.387. The number of benzene rings is 2. The lowest BCUT2D eigenvalue weighted by atomic mass is 10.1. The molecule has 2 aliphatic heterocycles. The first-order valence-corrected chi connectivity index (χ1v) is 15.0. The average Bonchev–Trinajstić information content (AvgIpc) is 2.96. The minimum atomic E-state index is -3.61. The molecule has 2 aliphatic rings.